The van der Waals surface area contributed by atoms with Gasteiger partial charge in [0, 0.05) is 48.7 Å². The summed E-state index contributed by atoms with van der Waals surface area (Å²) in [4.78, 5) is 14.4. The van der Waals surface area contributed by atoms with Gasteiger partial charge in [-0.1, -0.05) is 23.2 Å². The highest BCUT2D eigenvalue weighted by Gasteiger charge is 2.28. The van der Waals surface area contributed by atoms with E-state index < -0.39 is 0 Å². The molecule has 2 aliphatic rings. The molecule has 4 nitrogen and oxygen atoms in total. The number of amides is 1. The highest BCUT2D eigenvalue weighted by atomic mass is 35.5. The topological polar surface area (TPSA) is 38.8 Å². The van der Waals surface area contributed by atoms with Crippen LogP contribution in [0.3, 0.4) is 0 Å². The van der Waals surface area contributed by atoms with Crippen LogP contribution in [0, 0.1) is 0 Å². The van der Waals surface area contributed by atoms with Crippen molar-refractivity contribution in [2.45, 2.75) is 19.4 Å². The Hall–Kier alpha value is -1.91. The van der Waals surface area contributed by atoms with Gasteiger partial charge in [0.1, 0.15) is 11.5 Å². The second kappa shape index (κ2) is 6.43. The van der Waals surface area contributed by atoms with Gasteiger partial charge >= 0.3 is 0 Å². The van der Waals surface area contributed by atoms with E-state index in [1.165, 1.54) is 0 Å². The number of hydrogen-bond acceptors (Lipinski definition) is 3. The minimum absolute atomic E-state index is 0.109. The van der Waals surface area contributed by atoms with Gasteiger partial charge in [0.25, 0.3) is 5.91 Å². The van der Waals surface area contributed by atoms with Crippen molar-refractivity contribution in [3.8, 4) is 11.5 Å². The third kappa shape index (κ3) is 2.94. The van der Waals surface area contributed by atoms with Crippen molar-refractivity contribution in [1.82, 2.24) is 4.90 Å². The van der Waals surface area contributed by atoms with Gasteiger partial charge in [0.05, 0.1) is 23.3 Å². The van der Waals surface area contributed by atoms with Crippen LogP contribution in [-0.4, -0.2) is 31.1 Å². The average Bonchev–Trinajstić information content (AvgIpc) is 3.25. The van der Waals surface area contributed by atoms with Gasteiger partial charge in [0.2, 0.25) is 0 Å². The summed E-state index contributed by atoms with van der Waals surface area (Å²) in [5.74, 6) is 1.73. The second-order valence-electron chi connectivity index (χ2n) is 6.31. The largest absolute Gasteiger partial charge is 0.493 e. The third-order valence-corrected chi connectivity index (χ3v) is 5.41. The summed E-state index contributed by atoms with van der Waals surface area (Å²) in [6, 6.07) is 7.00. The van der Waals surface area contributed by atoms with E-state index in [1.807, 2.05) is 0 Å². The van der Waals surface area contributed by atoms with Crippen molar-refractivity contribution in [2.24, 2.45) is 0 Å². The molecule has 0 aromatic heterocycles. The SMILES string of the molecule is CN(Cc1c2c(cc3c1OCC3)OCC2)C(=O)c1ccc(Cl)c(Cl)c1. The molecule has 2 aromatic carbocycles. The first-order chi connectivity index (χ1) is 12.0. The maximum absolute atomic E-state index is 12.8. The molecule has 0 fully saturated rings. The third-order valence-electron chi connectivity index (χ3n) is 4.67. The molecule has 2 heterocycles. The quantitative estimate of drug-likeness (QED) is 0.806. The lowest BCUT2D eigenvalue weighted by atomic mass is 9.99. The van der Waals surface area contributed by atoms with Crippen molar-refractivity contribution in [3.05, 3.63) is 56.6 Å². The zero-order valence-electron chi connectivity index (χ0n) is 13.8. The minimum Gasteiger partial charge on any atom is -0.493 e. The van der Waals surface area contributed by atoms with Crippen LogP contribution in [0.15, 0.2) is 24.3 Å². The number of rotatable bonds is 3. The fourth-order valence-corrected chi connectivity index (χ4v) is 3.71. The number of carbonyl (C=O) groups is 1. The van der Waals surface area contributed by atoms with Crippen LogP contribution in [0.5, 0.6) is 11.5 Å². The Kier molecular flexibility index (Phi) is 4.26. The normalized spacial score (nSPS) is 14.5. The molecule has 0 atom stereocenters. The zero-order chi connectivity index (χ0) is 17.6. The van der Waals surface area contributed by atoms with Gasteiger partial charge in [-0.25, -0.2) is 0 Å². The molecule has 2 aromatic rings. The maximum atomic E-state index is 12.8. The fourth-order valence-electron chi connectivity index (χ4n) is 3.41. The van der Waals surface area contributed by atoms with Crippen LogP contribution in [0.2, 0.25) is 10.0 Å². The van der Waals surface area contributed by atoms with E-state index in [2.05, 4.69) is 6.07 Å². The molecule has 4 rings (SSSR count). The van der Waals surface area contributed by atoms with E-state index in [4.69, 9.17) is 32.7 Å². The van der Waals surface area contributed by atoms with Gasteiger partial charge in [0.15, 0.2) is 0 Å². The van der Waals surface area contributed by atoms with Gasteiger partial charge in [-0.2, -0.15) is 0 Å². The maximum Gasteiger partial charge on any atom is 0.253 e. The monoisotopic (exact) mass is 377 g/mol. The fraction of sp³-hybridized carbons (Fsp3) is 0.316. The number of ether oxygens (including phenoxy) is 2. The first kappa shape index (κ1) is 16.6. The predicted octanol–water partition coefficient (Wildman–Crippen LogP) is 4.14. The summed E-state index contributed by atoms with van der Waals surface area (Å²) < 4.78 is 11.6. The van der Waals surface area contributed by atoms with Gasteiger partial charge in [-0.15, -0.1) is 0 Å². The van der Waals surface area contributed by atoms with Crippen molar-refractivity contribution in [1.29, 1.82) is 0 Å². The molecule has 0 saturated heterocycles. The Morgan fingerprint density at radius 3 is 2.72 bits per heavy atom. The minimum atomic E-state index is -0.109. The first-order valence-electron chi connectivity index (χ1n) is 8.18. The predicted molar refractivity (Wildman–Crippen MR) is 97.1 cm³/mol. The highest BCUT2D eigenvalue weighted by Crippen LogP contribution is 2.41. The molecule has 0 aliphatic carbocycles. The Labute approximate surface area is 156 Å². The number of fused-ring (bicyclic) bond motifs is 2. The van der Waals surface area contributed by atoms with E-state index in [1.54, 1.807) is 30.1 Å². The second-order valence-corrected chi connectivity index (χ2v) is 7.12. The molecule has 2 aliphatic heterocycles. The van der Waals surface area contributed by atoms with Gasteiger partial charge < -0.3 is 14.4 Å². The molecule has 0 unspecified atom stereocenters. The summed E-state index contributed by atoms with van der Waals surface area (Å²) in [5, 5.41) is 0.810. The molecule has 0 spiro atoms. The molecule has 0 radical (unpaired) electrons. The van der Waals surface area contributed by atoms with E-state index in [-0.39, 0.29) is 5.91 Å². The lowest BCUT2D eigenvalue weighted by molar-refractivity contribution is 0.0784. The van der Waals surface area contributed by atoms with E-state index >= 15 is 0 Å². The number of benzene rings is 2. The zero-order valence-corrected chi connectivity index (χ0v) is 15.3. The number of nitrogens with zero attached hydrogens (tertiary/aromatic N) is 1. The van der Waals surface area contributed by atoms with E-state index in [0.29, 0.717) is 35.4 Å². The van der Waals surface area contributed by atoms with E-state index in [9.17, 15) is 4.79 Å². The smallest absolute Gasteiger partial charge is 0.253 e. The Morgan fingerprint density at radius 1 is 1.12 bits per heavy atom. The number of carbonyl (C=O) groups excluding carboxylic acids is 1. The summed E-state index contributed by atoms with van der Waals surface area (Å²) in [5.41, 5.74) is 3.87. The molecule has 0 N–H and O–H groups in total. The summed E-state index contributed by atoms with van der Waals surface area (Å²) in [7, 11) is 1.78. The van der Waals surface area contributed by atoms with Crippen LogP contribution in [0.1, 0.15) is 27.0 Å². The van der Waals surface area contributed by atoms with Crippen LogP contribution in [0.4, 0.5) is 0 Å². The molecule has 0 bridgehead atoms. The van der Waals surface area contributed by atoms with E-state index in [0.717, 1.165) is 41.0 Å². The van der Waals surface area contributed by atoms with Crippen molar-refractivity contribution in [2.75, 3.05) is 20.3 Å². The van der Waals surface area contributed by atoms with Crippen LogP contribution >= 0.6 is 23.2 Å². The molecular formula is C19H17Cl2NO3. The van der Waals surface area contributed by atoms with Crippen LogP contribution in [0.25, 0.3) is 0 Å². The van der Waals surface area contributed by atoms with Crippen molar-refractivity contribution < 1.29 is 14.3 Å². The molecule has 1 amide bonds. The first-order valence-corrected chi connectivity index (χ1v) is 8.94. The lowest BCUT2D eigenvalue weighted by Gasteiger charge is -2.21. The molecule has 6 heteroatoms. The Morgan fingerprint density at radius 2 is 1.92 bits per heavy atom. The number of halogens is 2. The molecule has 130 valence electrons. The van der Waals surface area contributed by atoms with Crippen LogP contribution in [-0.2, 0) is 19.4 Å². The molecule has 25 heavy (non-hydrogen) atoms. The van der Waals surface area contributed by atoms with Gasteiger partial charge in [-0.05, 0) is 24.3 Å². The lowest BCUT2D eigenvalue weighted by Crippen LogP contribution is -2.27. The average molecular weight is 378 g/mol. The Balaban J connectivity index is 1.64. The molecule has 0 saturated carbocycles. The summed E-state index contributed by atoms with van der Waals surface area (Å²) >= 11 is 12.0. The van der Waals surface area contributed by atoms with Gasteiger partial charge in [-0.3, -0.25) is 4.79 Å². The Bertz CT molecular complexity index is 834. The van der Waals surface area contributed by atoms with Crippen LogP contribution < -0.4 is 9.47 Å². The van der Waals surface area contributed by atoms with Crippen molar-refractivity contribution in [3.63, 3.8) is 0 Å². The summed E-state index contributed by atoms with van der Waals surface area (Å²) in [6.07, 6.45) is 1.72. The highest BCUT2D eigenvalue weighted by molar-refractivity contribution is 6.42. The number of hydrogen-bond donors (Lipinski definition) is 0. The summed E-state index contributed by atoms with van der Waals surface area (Å²) in [6.45, 7) is 1.82. The van der Waals surface area contributed by atoms with Crippen molar-refractivity contribution >= 4 is 29.1 Å². The molecular weight excluding hydrogens is 361 g/mol. The standard InChI is InChI=1S/C19H17Cl2NO3/c1-22(19(23)12-2-3-15(20)16(21)8-12)10-14-13-5-7-24-17(13)9-11-4-6-25-18(11)14/h2-3,8-9H,4-7,10H2,1H3.